The van der Waals surface area contributed by atoms with E-state index < -0.39 is 0 Å². The maximum Gasteiger partial charge on any atom is 0.143 e. The third-order valence-electron chi connectivity index (χ3n) is 12.4. The van der Waals surface area contributed by atoms with Gasteiger partial charge in [0.25, 0.3) is 0 Å². The molecule has 0 saturated carbocycles. The lowest BCUT2D eigenvalue weighted by Gasteiger charge is -2.28. The second kappa shape index (κ2) is 15.3. The molecule has 63 heavy (non-hydrogen) atoms. The van der Waals surface area contributed by atoms with Crippen molar-refractivity contribution in [2.75, 3.05) is 9.80 Å². The predicted molar refractivity (Wildman–Crippen MR) is 265 cm³/mol. The fourth-order valence-electron chi connectivity index (χ4n) is 9.69. The van der Waals surface area contributed by atoms with Crippen LogP contribution in [0.15, 0.2) is 243 Å². The summed E-state index contributed by atoms with van der Waals surface area (Å²) in [6, 6.07) is 86.8. The Kier molecular flexibility index (Phi) is 8.83. The Morgan fingerprint density at radius 3 is 1.08 bits per heavy atom. The van der Waals surface area contributed by atoms with E-state index in [1.807, 2.05) is 0 Å². The van der Waals surface area contributed by atoms with Crippen molar-refractivity contribution in [1.82, 2.24) is 0 Å². The fourth-order valence-corrected chi connectivity index (χ4v) is 9.69. The summed E-state index contributed by atoms with van der Waals surface area (Å²) in [4.78, 5) is 4.70. The lowest BCUT2D eigenvalue weighted by Crippen LogP contribution is -2.10. The van der Waals surface area contributed by atoms with Crippen LogP contribution in [0, 0.1) is 0 Å². The zero-order valence-electron chi connectivity index (χ0n) is 34.4. The number of hydrogen-bond donors (Lipinski definition) is 0. The number of nitrogens with zero attached hydrogens (tertiary/aromatic N) is 2. The summed E-state index contributed by atoms with van der Waals surface area (Å²) in [6.07, 6.45) is 0. The van der Waals surface area contributed by atoms with Crippen LogP contribution in [0.5, 0.6) is 11.5 Å². The van der Waals surface area contributed by atoms with E-state index in [4.69, 9.17) is 4.74 Å². The minimum absolute atomic E-state index is 0.866. The molecule has 1 heterocycles. The Hall–Kier alpha value is -8.40. The van der Waals surface area contributed by atoms with Crippen molar-refractivity contribution in [3.63, 3.8) is 0 Å². The highest BCUT2D eigenvalue weighted by molar-refractivity contribution is 6.16. The van der Waals surface area contributed by atoms with E-state index in [1.54, 1.807) is 0 Å². The van der Waals surface area contributed by atoms with E-state index in [-0.39, 0.29) is 0 Å². The van der Waals surface area contributed by atoms with Gasteiger partial charge in [-0.3, -0.25) is 0 Å². The Balaban J connectivity index is 0.993. The summed E-state index contributed by atoms with van der Waals surface area (Å²) in [5.41, 5.74) is 13.5. The molecule has 11 aromatic rings. The Labute approximate surface area is 367 Å². The molecule has 0 spiro atoms. The molecule has 0 unspecified atom stereocenters. The van der Waals surface area contributed by atoms with E-state index in [9.17, 15) is 0 Å². The molecule has 0 radical (unpaired) electrons. The van der Waals surface area contributed by atoms with Crippen LogP contribution in [0.4, 0.5) is 34.1 Å². The fraction of sp³-hybridized carbons (Fsp3) is 0. The van der Waals surface area contributed by atoms with Crippen LogP contribution in [0.1, 0.15) is 0 Å². The van der Waals surface area contributed by atoms with Gasteiger partial charge in [0.15, 0.2) is 0 Å². The van der Waals surface area contributed by atoms with E-state index >= 15 is 0 Å². The number of rotatable bonds is 8. The van der Waals surface area contributed by atoms with Crippen molar-refractivity contribution >= 4 is 66.4 Å². The van der Waals surface area contributed by atoms with Gasteiger partial charge in [0, 0.05) is 50.0 Å². The minimum atomic E-state index is 0.866. The molecule has 0 fully saturated rings. The lowest BCUT2D eigenvalue weighted by molar-refractivity contribution is 0.489. The third-order valence-corrected chi connectivity index (χ3v) is 12.4. The van der Waals surface area contributed by atoms with E-state index in [1.165, 1.54) is 32.8 Å². The van der Waals surface area contributed by atoms with E-state index in [0.717, 1.165) is 78.5 Å². The van der Waals surface area contributed by atoms with Crippen molar-refractivity contribution in [3.05, 3.63) is 243 Å². The molecular weight excluding hydrogens is 765 g/mol. The summed E-state index contributed by atoms with van der Waals surface area (Å²) in [5.74, 6) is 1.74. The predicted octanol–water partition coefficient (Wildman–Crippen LogP) is 17.2. The van der Waals surface area contributed by atoms with Gasteiger partial charge in [-0.1, -0.05) is 176 Å². The Morgan fingerprint density at radius 2 is 0.587 bits per heavy atom. The molecule has 0 N–H and O–H groups in total. The molecule has 1 aliphatic rings. The molecule has 0 aliphatic carbocycles. The van der Waals surface area contributed by atoms with Gasteiger partial charge in [0.1, 0.15) is 11.5 Å². The van der Waals surface area contributed by atoms with Crippen molar-refractivity contribution < 1.29 is 4.74 Å². The van der Waals surface area contributed by atoms with E-state index in [2.05, 4.69) is 252 Å². The molecule has 3 heteroatoms. The van der Waals surface area contributed by atoms with Gasteiger partial charge >= 0.3 is 0 Å². The van der Waals surface area contributed by atoms with Gasteiger partial charge in [0.05, 0.1) is 11.4 Å². The third kappa shape index (κ3) is 6.13. The molecule has 3 nitrogen and oxygen atoms in total. The molecule has 0 bridgehead atoms. The smallest absolute Gasteiger partial charge is 0.143 e. The van der Waals surface area contributed by atoms with Crippen molar-refractivity contribution in [2.45, 2.75) is 0 Å². The van der Waals surface area contributed by atoms with Crippen LogP contribution < -0.4 is 14.5 Å². The molecule has 1 aliphatic heterocycles. The van der Waals surface area contributed by atoms with Crippen molar-refractivity contribution in [3.8, 4) is 44.9 Å². The molecule has 0 amide bonds. The molecule has 0 atom stereocenters. The number of fused-ring (bicyclic) bond motifs is 4. The SMILES string of the molecule is c1ccc(N(c2ccccc2)c2ccc(-c3cccc4c3Oc3ccc(-c5ccc(N(c6ccccc6)c6ccccc6)c6ccccc56)c5cccc-4c35)c3ccccc23)cc1. The van der Waals surface area contributed by atoms with Crippen LogP contribution >= 0.6 is 0 Å². The topological polar surface area (TPSA) is 15.7 Å². The molecule has 12 rings (SSSR count). The molecule has 296 valence electrons. The Morgan fingerprint density at radius 1 is 0.238 bits per heavy atom. The number of hydrogen-bond acceptors (Lipinski definition) is 3. The minimum Gasteiger partial charge on any atom is -0.455 e. The van der Waals surface area contributed by atoms with Crippen molar-refractivity contribution in [2.24, 2.45) is 0 Å². The summed E-state index contributed by atoms with van der Waals surface area (Å²) < 4.78 is 7.11. The Bertz CT molecular complexity index is 3400. The van der Waals surface area contributed by atoms with Gasteiger partial charge < -0.3 is 14.5 Å². The largest absolute Gasteiger partial charge is 0.455 e. The molecule has 0 saturated heterocycles. The van der Waals surface area contributed by atoms with Gasteiger partial charge in [-0.2, -0.15) is 0 Å². The lowest BCUT2D eigenvalue weighted by atomic mass is 9.87. The quantitative estimate of drug-likeness (QED) is 0.152. The average molecular weight is 805 g/mol. The maximum atomic E-state index is 7.11. The number of ether oxygens (including phenoxy) is 1. The van der Waals surface area contributed by atoms with Gasteiger partial charge in [0.2, 0.25) is 0 Å². The first kappa shape index (κ1) is 36.5. The van der Waals surface area contributed by atoms with Gasteiger partial charge in [-0.05, 0) is 105 Å². The van der Waals surface area contributed by atoms with Gasteiger partial charge in [-0.15, -0.1) is 0 Å². The highest BCUT2D eigenvalue weighted by Gasteiger charge is 2.27. The van der Waals surface area contributed by atoms with Crippen LogP contribution in [-0.4, -0.2) is 0 Å². The first-order chi connectivity index (χ1) is 31.3. The van der Waals surface area contributed by atoms with Gasteiger partial charge in [-0.25, -0.2) is 0 Å². The summed E-state index contributed by atoms with van der Waals surface area (Å²) in [7, 11) is 0. The summed E-state index contributed by atoms with van der Waals surface area (Å²) >= 11 is 0. The second-order valence-electron chi connectivity index (χ2n) is 16.0. The monoisotopic (exact) mass is 804 g/mol. The standard InChI is InChI=1S/C60H40N2O/c1-5-19-41(20-6-1)61(42-21-7-2-8-22-42)56-38-35-47(45-27-13-15-29-50(45)56)48-37-40-58-59-52(48)31-17-32-53(59)55-34-18-33-54(60(55)63-58)49-36-39-57(51-30-16-14-28-46(49)51)62(43-23-9-3-10-24-43)44-25-11-4-12-26-44/h1-40H. The first-order valence-corrected chi connectivity index (χ1v) is 21.5. The highest BCUT2D eigenvalue weighted by Crippen LogP contribution is 2.54. The molecule has 0 aromatic heterocycles. The molecule has 11 aromatic carbocycles. The highest BCUT2D eigenvalue weighted by atomic mass is 16.5. The van der Waals surface area contributed by atoms with Crippen LogP contribution in [-0.2, 0) is 0 Å². The van der Waals surface area contributed by atoms with Crippen molar-refractivity contribution in [1.29, 1.82) is 0 Å². The number of para-hydroxylation sites is 5. The second-order valence-corrected chi connectivity index (χ2v) is 16.0. The van der Waals surface area contributed by atoms with E-state index in [0.29, 0.717) is 0 Å². The average Bonchev–Trinajstić information content (AvgIpc) is 3.36. The number of benzene rings is 11. The normalized spacial score (nSPS) is 11.6. The summed E-state index contributed by atoms with van der Waals surface area (Å²) in [5, 5.41) is 7.00. The molecular formula is C60H40N2O. The first-order valence-electron chi connectivity index (χ1n) is 21.5. The maximum absolute atomic E-state index is 7.11. The van der Waals surface area contributed by atoms with Crippen LogP contribution in [0.3, 0.4) is 0 Å². The van der Waals surface area contributed by atoms with Crippen LogP contribution in [0.2, 0.25) is 0 Å². The van der Waals surface area contributed by atoms with Crippen LogP contribution in [0.25, 0.3) is 65.7 Å². The zero-order valence-corrected chi connectivity index (χ0v) is 34.4. The number of anilines is 6. The zero-order chi connectivity index (χ0) is 41.7. The summed E-state index contributed by atoms with van der Waals surface area (Å²) in [6.45, 7) is 0.